The Bertz CT molecular complexity index is 1340. The third-order valence-electron chi connectivity index (χ3n) is 5.37. The molecule has 1 heterocycles. The van der Waals surface area contributed by atoms with Crippen molar-refractivity contribution in [2.24, 2.45) is 0 Å². The Kier molecular flexibility index (Phi) is 7.56. The Balaban J connectivity index is 1.42. The van der Waals surface area contributed by atoms with Gasteiger partial charge < -0.3 is 20.1 Å². The summed E-state index contributed by atoms with van der Waals surface area (Å²) in [7, 11) is 1.51. The Morgan fingerprint density at radius 2 is 1.83 bits per heavy atom. The van der Waals surface area contributed by atoms with Gasteiger partial charge in [-0.2, -0.15) is 0 Å². The number of hydrogen-bond donors (Lipinski definition) is 2. The van der Waals surface area contributed by atoms with Crippen molar-refractivity contribution < 1.29 is 23.9 Å². The van der Waals surface area contributed by atoms with Gasteiger partial charge in [0.1, 0.15) is 18.8 Å². The van der Waals surface area contributed by atoms with Crippen LogP contribution < -0.4 is 20.1 Å². The van der Waals surface area contributed by atoms with Crippen molar-refractivity contribution in [3.05, 3.63) is 94.1 Å². The molecule has 36 heavy (non-hydrogen) atoms. The number of aryl methyl sites for hydroxylation is 1. The lowest BCUT2D eigenvalue weighted by Crippen LogP contribution is -2.38. The van der Waals surface area contributed by atoms with Crippen LogP contribution in [0.25, 0.3) is 6.08 Å². The average molecular weight is 506 g/mol. The lowest BCUT2D eigenvalue weighted by molar-refractivity contribution is -0.127. The molecule has 1 aliphatic rings. The van der Waals surface area contributed by atoms with Crippen LogP contribution in [0.2, 0.25) is 5.02 Å². The first-order chi connectivity index (χ1) is 17.3. The molecule has 4 amide bonds. The van der Waals surface area contributed by atoms with Crippen LogP contribution in [0.1, 0.15) is 16.7 Å². The first-order valence-corrected chi connectivity index (χ1v) is 11.5. The first kappa shape index (κ1) is 24.8. The molecule has 0 spiro atoms. The van der Waals surface area contributed by atoms with Crippen LogP contribution in [0.4, 0.5) is 10.5 Å². The van der Waals surface area contributed by atoms with Crippen LogP contribution in [-0.2, 0) is 16.2 Å². The Labute approximate surface area is 213 Å². The largest absolute Gasteiger partial charge is 0.493 e. The summed E-state index contributed by atoms with van der Waals surface area (Å²) < 4.78 is 11.3. The lowest BCUT2D eigenvalue weighted by Gasteiger charge is -2.12. The second kappa shape index (κ2) is 11.0. The zero-order chi connectivity index (χ0) is 25.7. The maximum absolute atomic E-state index is 12.8. The number of methoxy groups -OCH3 is 1. The van der Waals surface area contributed by atoms with E-state index in [0.717, 1.165) is 16.0 Å². The van der Waals surface area contributed by atoms with E-state index in [4.69, 9.17) is 21.1 Å². The molecule has 0 bridgehead atoms. The van der Waals surface area contributed by atoms with Gasteiger partial charge in [0.25, 0.3) is 5.91 Å². The highest BCUT2D eigenvalue weighted by Crippen LogP contribution is 2.30. The Hall–Kier alpha value is -4.30. The number of urea groups is 1. The monoisotopic (exact) mass is 505 g/mol. The van der Waals surface area contributed by atoms with Crippen LogP contribution in [0.5, 0.6) is 11.5 Å². The van der Waals surface area contributed by atoms with Crippen molar-refractivity contribution in [1.29, 1.82) is 0 Å². The fourth-order valence-corrected chi connectivity index (χ4v) is 3.71. The summed E-state index contributed by atoms with van der Waals surface area (Å²) in [5, 5.41) is 5.86. The predicted molar refractivity (Wildman–Crippen MR) is 137 cm³/mol. The van der Waals surface area contributed by atoms with Gasteiger partial charge in [0.05, 0.1) is 7.11 Å². The highest BCUT2D eigenvalue weighted by Gasteiger charge is 2.35. The van der Waals surface area contributed by atoms with Gasteiger partial charge in [-0.05, 0) is 66.1 Å². The molecule has 0 unspecified atom stereocenters. The van der Waals surface area contributed by atoms with E-state index in [1.807, 2.05) is 31.2 Å². The molecular formula is C27H24ClN3O5. The number of nitrogens with zero attached hydrogens (tertiary/aromatic N) is 1. The highest BCUT2D eigenvalue weighted by atomic mass is 35.5. The number of carbonyl (C=O) groups is 3. The number of carbonyl (C=O) groups excluding carboxylic acids is 3. The molecule has 0 saturated carbocycles. The first-order valence-electron chi connectivity index (χ1n) is 11.1. The standard InChI is InChI=1S/C27H24ClN3O5/c1-17-4-3-5-21(12-17)29-25(32)15-31-26(33)22(30-27(31)34)13-19-8-11-23(24(14-19)35-2)36-16-18-6-9-20(28)10-7-18/h3-14H,15-16H2,1-2H3,(H,29,32)(H,30,34)/b22-13+. The molecule has 3 aromatic rings. The van der Waals surface area contributed by atoms with E-state index in [2.05, 4.69) is 10.6 Å². The molecule has 8 nitrogen and oxygen atoms in total. The molecule has 0 aromatic heterocycles. The number of imide groups is 1. The maximum atomic E-state index is 12.8. The van der Waals surface area contributed by atoms with Crippen molar-refractivity contribution in [1.82, 2.24) is 10.2 Å². The van der Waals surface area contributed by atoms with Crippen molar-refractivity contribution >= 4 is 41.2 Å². The van der Waals surface area contributed by atoms with Crippen LogP contribution in [0, 0.1) is 6.92 Å². The Morgan fingerprint density at radius 1 is 1.06 bits per heavy atom. The van der Waals surface area contributed by atoms with Gasteiger partial charge in [-0.25, -0.2) is 9.69 Å². The molecule has 4 rings (SSSR count). The van der Waals surface area contributed by atoms with E-state index < -0.39 is 24.4 Å². The van der Waals surface area contributed by atoms with E-state index in [9.17, 15) is 14.4 Å². The molecular weight excluding hydrogens is 482 g/mol. The van der Waals surface area contributed by atoms with Gasteiger partial charge >= 0.3 is 6.03 Å². The minimum atomic E-state index is -0.666. The predicted octanol–water partition coefficient (Wildman–Crippen LogP) is 4.77. The zero-order valence-corrected chi connectivity index (χ0v) is 20.5. The number of rotatable bonds is 8. The Morgan fingerprint density at radius 3 is 2.56 bits per heavy atom. The number of amides is 4. The third kappa shape index (κ3) is 6.03. The number of hydrogen-bond acceptors (Lipinski definition) is 5. The molecule has 2 N–H and O–H groups in total. The van der Waals surface area contributed by atoms with E-state index in [1.54, 1.807) is 42.5 Å². The topological polar surface area (TPSA) is 97.0 Å². The van der Waals surface area contributed by atoms with E-state index in [1.165, 1.54) is 13.2 Å². The minimum Gasteiger partial charge on any atom is -0.493 e. The highest BCUT2D eigenvalue weighted by molar-refractivity contribution is 6.30. The van der Waals surface area contributed by atoms with Crippen molar-refractivity contribution in [2.45, 2.75) is 13.5 Å². The maximum Gasteiger partial charge on any atom is 0.329 e. The van der Waals surface area contributed by atoms with Gasteiger partial charge in [0.15, 0.2) is 11.5 Å². The van der Waals surface area contributed by atoms with Gasteiger partial charge in [-0.15, -0.1) is 0 Å². The summed E-state index contributed by atoms with van der Waals surface area (Å²) in [6.45, 7) is 1.82. The van der Waals surface area contributed by atoms with E-state index >= 15 is 0 Å². The number of ether oxygens (including phenoxy) is 2. The number of benzene rings is 3. The van der Waals surface area contributed by atoms with Crippen molar-refractivity contribution in [3.8, 4) is 11.5 Å². The molecule has 3 aromatic carbocycles. The molecule has 1 saturated heterocycles. The normalized spacial score (nSPS) is 14.1. The second-order valence-electron chi connectivity index (χ2n) is 8.12. The van der Waals surface area contributed by atoms with Crippen molar-refractivity contribution in [3.63, 3.8) is 0 Å². The van der Waals surface area contributed by atoms with Crippen LogP contribution >= 0.6 is 11.6 Å². The molecule has 1 aliphatic heterocycles. The van der Waals surface area contributed by atoms with Gasteiger partial charge in [-0.1, -0.05) is 41.9 Å². The zero-order valence-electron chi connectivity index (χ0n) is 19.7. The summed E-state index contributed by atoms with van der Waals surface area (Å²) >= 11 is 5.92. The average Bonchev–Trinajstić information content (AvgIpc) is 3.11. The van der Waals surface area contributed by atoms with Crippen molar-refractivity contribution in [2.75, 3.05) is 19.0 Å². The number of halogens is 1. The quantitative estimate of drug-likeness (QED) is 0.339. The minimum absolute atomic E-state index is 0.0558. The second-order valence-corrected chi connectivity index (χ2v) is 8.56. The van der Waals surface area contributed by atoms with E-state index in [-0.39, 0.29) is 5.70 Å². The fourth-order valence-electron chi connectivity index (χ4n) is 3.58. The summed E-state index contributed by atoms with van der Waals surface area (Å²) in [5.41, 5.74) is 3.18. The fraction of sp³-hybridized carbons (Fsp3) is 0.148. The van der Waals surface area contributed by atoms with Crippen LogP contribution in [-0.4, -0.2) is 36.4 Å². The summed E-state index contributed by atoms with van der Waals surface area (Å²) in [5.74, 6) is -0.0917. The smallest absolute Gasteiger partial charge is 0.329 e. The van der Waals surface area contributed by atoms with Gasteiger partial charge in [0, 0.05) is 10.7 Å². The van der Waals surface area contributed by atoms with Crippen LogP contribution in [0.15, 0.2) is 72.4 Å². The molecule has 0 radical (unpaired) electrons. The molecule has 9 heteroatoms. The summed E-state index contributed by atoms with van der Waals surface area (Å²) in [4.78, 5) is 38.4. The SMILES string of the molecule is COc1cc(/C=C2/NC(=O)N(CC(=O)Nc3cccc(C)c3)C2=O)ccc1OCc1ccc(Cl)cc1. The molecule has 1 fully saturated rings. The van der Waals surface area contributed by atoms with Crippen LogP contribution in [0.3, 0.4) is 0 Å². The molecule has 0 aliphatic carbocycles. The summed E-state index contributed by atoms with van der Waals surface area (Å²) in [6.07, 6.45) is 1.52. The van der Waals surface area contributed by atoms with E-state index in [0.29, 0.717) is 34.4 Å². The third-order valence-corrected chi connectivity index (χ3v) is 5.62. The number of anilines is 1. The molecule has 184 valence electrons. The van der Waals surface area contributed by atoms with Gasteiger partial charge in [-0.3, -0.25) is 9.59 Å². The summed E-state index contributed by atoms with van der Waals surface area (Å²) in [6, 6.07) is 19.0. The van der Waals surface area contributed by atoms with Gasteiger partial charge in [0.2, 0.25) is 5.91 Å². The lowest BCUT2D eigenvalue weighted by atomic mass is 10.1. The molecule has 0 atom stereocenters. The number of nitrogens with one attached hydrogen (secondary N) is 2.